The van der Waals surface area contributed by atoms with Gasteiger partial charge < -0.3 is 14.7 Å². The van der Waals surface area contributed by atoms with E-state index >= 15 is 0 Å². The molecule has 0 unspecified atom stereocenters. The maximum Gasteiger partial charge on any atom is 0.179 e. The average molecular weight is 214 g/mol. The van der Waals surface area contributed by atoms with E-state index in [1.54, 1.807) is 25.1 Å². The van der Waals surface area contributed by atoms with Crippen LogP contribution < -0.4 is 5.32 Å². The van der Waals surface area contributed by atoms with Gasteiger partial charge in [0.1, 0.15) is 5.52 Å². The van der Waals surface area contributed by atoms with Crippen molar-refractivity contribution in [2.24, 2.45) is 0 Å². The Balaban J connectivity index is 1.86. The zero-order valence-corrected chi connectivity index (χ0v) is 8.47. The normalized spacial score (nSPS) is 10.8. The molecule has 0 spiro atoms. The number of aromatic nitrogens is 3. The van der Waals surface area contributed by atoms with E-state index in [2.05, 4.69) is 20.3 Å². The summed E-state index contributed by atoms with van der Waals surface area (Å²) in [5.74, 6) is 0. The molecule has 3 rings (SSSR count). The van der Waals surface area contributed by atoms with Gasteiger partial charge >= 0.3 is 0 Å². The highest BCUT2D eigenvalue weighted by molar-refractivity contribution is 5.84. The Kier molecular flexibility index (Phi) is 2.07. The first-order valence-electron chi connectivity index (χ1n) is 4.96. The largest absolute Gasteiger partial charge is 0.472 e. The lowest BCUT2D eigenvalue weighted by Crippen LogP contribution is -1.99. The zero-order valence-electron chi connectivity index (χ0n) is 8.47. The molecule has 0 saturated carbocycles. The Morgan fingerprint density at radius 2 is 2.31 bits per heavy atom. The number of hydrogen-bond acceptors (Lipinski definition) is 4. The first kappa shape index (κ1) is 8.96. The van der Waals surface area contributed by atoms with Gasteiger partial charge in [0, 0.05) is 18.3 Å². The number of fused-ring (bicyclic) bond motifs is 1. The summed E-state index contributed by atoms with van der Waals surface area (Å²) < 4.78 is 5.00. The molecular formula is C11H10N4O. The molecule has 0 aliphatic heterocycles. The van der Waals surface area contributed by atoms with Gasteiger partial charge in [0.25, 0.3) is 0 Å². The fourth-order valence-electron chi connectivity index (χ4n) is 1.59. The van der Waals surface area contributed by atoms with Gasteiger partial charge in [-0.1, -0.05) is 0 Å². The standard InChI is InChI=1S/C11H10N4O/c1-3-12-11-10(14-7-15-11)9(1)13-5-8-2-4-16-6-8/h1-4,6-7H,5H2,(H2,12,13,14,15). The van der Waals surface area contributed by atoms with Crippen molar-refractivity contribution in [1.29, 1.82) is 0 Å². The molecule has 0 fully saturated rings. The molecule has 0 amide bonds. The van der Waals surface area contributed by atoms with Gasteiger partial charge in [0.05, 0.1) is 24.5 Å². The van der Waals surface area contributed by atoms with Crippen molar-refractivity contribution in [1.82, 2.24) is 15.0 Å². The third-order valence-corrected chi connectivity index (χ3v) is 2.39. The van der Waals surface area contributed by atoms with E-state index in [0.29, 0.717) is 6.54 Å². The summed E-state index contributed by atoms with van der Waals surface area (Å²) in [5.41, 5.74) is 3.73. The number of nitrogens with zero attached hydrogens (tertiary/aromatic N) is 2. The number of anilines is 1. The number of furan rings is 1. The van der Waals surface area contributed by atoms with Crippen LogP contribution in [0.4, 0.5) is 5.69 Å². The summed E-state index contributed by atoms with van der Waals surface area (Å²) in [6.07, 6.45) is 6.76. The molecule has 3 aromatic rings. The van der Waals surface area contributed by atoms with Gasteiger partial charge in [0.2, 0.25) is 0 Å². The molecule has 0 saturated heterocycles. The third kappa shape index (κ3) is 1.52. The quantitative estimate of drug-likeness (QED) is 0.701. The number of H-pyrrole nitrogens is 1. The molecule has 0 aliphatic rings. The Bertz CT molecular complexity index is 585. The van der Waals surface area contributed by atoms with E-state index in [-0.39, 0.29) is 0 Å². The van der Waals surface area contributed by atoms with Crippen LogP contribution in [0.25, 0.3) is 11.2 Å². The van der Waals surface area contributed by atoms with Crippen LogP contribution in [-0.4, -0.2) is 15.0 Å². The van der Waals surface area contributed by atoms with Crippen molar-refractivity contribution in [2.45, 2.75) is 6.54 Å². The summed E-state index contributed by atoms with van der Waals surface area (Å²) in [7, 11) is 0. The SMILES string of the molecule is c1cc(NCc2ccoc2)c2[nH]cnc2n1. The fourth-order valence-corrected chi connectivity index (χ4v) is 1.59. The van der Waals surface area contributed by atoms with Crippen LogP contribution in [0, 0.1) is 0 Å². The van der Waals surface area contributed by atoms with Gasteiger partial charge in [-0.15, -0.1) is 0 Å². The van der Waals surface area contributed by atoms with Crippen molar-refractivity contribution in [2.75, 3.05) is 5.32 Å². The Labute approximate surface area is 91.5 Å². The smallest absolute Gasteiger partial charge is 0.179 e. The van der Waals surface area contributed by atoms with Crippen molar-refractivity contribution in [3.05, 3.63) is 42.7 Å². The van der Waals surface area contributed by atoms with Crippen LogP contribution in [0.3, 0.4) is 0 Å². The number of imidazole rings is 1. The topological polar surface area (TPSA) is 66.7 Å². The summed E-state index contributed by atoms with van der Waals surface area (Å²) in [6, 6.07) is 3.85. The molecule has 0 aliphatic carbocycles. The third-order valence-electron chi connectivity index (χ3n) is 2.39. The molecule has 3 aromatic heterocycles. The van der Waals surface area contributed by atoms with Crippen molar-refractivity contribution >= 4 is 16.9 Å². The van der Waals surface area contributed by atoms with E-state index < -0.39 is 0 Å². The average Bonchev–Trinajstić information content (AvgIpc) is 2.97. The monoisotopic (exact) mass is 214 g/mol. The first-order chi connectivity index (χ1) is 7.93. The van der Waals surface area contributed by atoms with Gasteiger partial charge in [0.15, 0.2) is 5.65 Å². The molecule has 80 valence electrons. The minimum absolute atomic E-state index is 0.717. The van der Waals surface area contributed by atoms with Crippen LogP contribution in [0.1, 0.15) is 5.56 Å². The summed E-state index contributed by atoms with van der Waals surface area (Å²) in [4.78, 5) is 11.3. The van der Waals surface area contributed by atoms with Crippen LogP contribution in [-0.2, 0) is 6.54 Å². The lowest BCUT2D eigenvalue weighted by atomic mass is 10.3. The predicted octanol–water partition coefficient (Wildman–Crippen LogP) is 2.16. The number of rotatable bonds is 3. The summed E-state index contributed by atoms with van der Waals surface area (Å²) in [6.45, 7) is 0.717. The maximum absolute atomic E-state index is 5.00. The van der Waals surface area contributed by atoms with Crippen LogP contribution in [0.2, 0.25) is 0 Å². The molecule has 0 bridgehead atoms. The number of nitrogens with one attached hydrogen (secondary N) is 2. The highest BCUT2D eigenvalue weighted by atomic mass is 16.3. The molecular weight excluding hydrogens is 204 g/mol. The minimum atomic E-state index is 0.717. The second kappa shape index (κ2) is 3.69. The number of pyridine rings is 1. The van der Waals surface area contributed by atoms with Crippen molar-refractivity contribution < 1.29 is 4.42 Å². The second-order valence-electron chi connectivity index (χ2n) is 3.44. The number of aromatic amines is 1. The van der Waals surface area contributed by atoms with Crippen molar-refractivity contribution in [3.63, 3.8) is 0 Å². The van der Waals surface area contributed by atoms with Gasteiger partial charge in [-0.25, -0.2) is 9.97 Å². The van der Waals surface area contributed by atoms with Crippen LogP contribution in [0.5, 0.6) is 0 Å². The van der Waals surface area contributed by atoms with E-state index in [9.17, 15) is 0 Å². The lowest BCUT2D eigenvalue weighted by molar-refractivity contribution is 0.564. The summed E-state index contributed by atoms with van der Waals surface area (Å²) >= 11 is 0. The maximum atomic E-state index is 5.00. The minimum Gasteiger partial charge on any atom is -0.472 e. The predicted molar refractivity (Wildman–Crippen MR) is 59.9 cm³/mol. The fraction of sp³-hybridized carbons (Fsp3) is 0.0909. The molecule has 0 atom stereocenters. The number of hydrogen-bond donors (Lipinski definition) is 2. The Hall–Kier alpha value is -2.30. The molecule has 0 aromatic carbocycles. The summed E-state index contributed by atoms with van der Waals surface area (Å²) in [5, 5.41) is 3.30. The molecule has 16 heavy (non-hydrogen) atoms. The van der Waals surface area contributed by atoms with Gasteiger partial charge in [-0.05, 0) is 12.1 Å². The molecule has 2 N–H and O–H groups in total. The Morgan fingerprint density at radius 1 is 1.31 bits per heavy atom. The van der Waals surface area contributed by atoms with E-state index in [1.165, 1.54) is 0 Å². The van der Waals surface area contributed by atoms with E-state index in [1.807, 2.05) is 12.1 Å². The first-order valence-corrected chi connectivity index (χ1v) is 4.96. The zero-order chi connectivity index (χ0) is 10.8. The van der Waals surface area contributed by atoms with Crippen molar-refractivity contribution in [3.8, 4) is 0 Å². The van der Waals surface area contributed by atoms with Gasteiger partial charge in [-0.3, -0.25) is 0 Å². The highest BCUT2D eigenvalue weighted by Gasteiger charge is 2.03. The Morgan fingerprint density at radius 3 is 3.19 bits per heavy atom. The van der Waals surface area contributed by atoms with Gasteiger partial charge in [-0.2, -0.15) is 0 Å². The molecule has 5 nitrogen and oxygen atoms in total. The molecule has 5 heteroatoms. The highest BCUT2D eigenvalue weighted by Crippen LogP contribution is 2.18. The van der Waals surface area contributed by atoms with E-state index in [0.717, 1.165) is 22.4 Å². The van der Waals surface area contributed by atoms with Crippen LogP contribution >= 0.6 is 0 Å². The molecule has 3 heterocycles. The van der Waals surface area contributed by atoms with Crippen LogP contribution in [0.15, 0.2) is 41.6 Å². The second-order valence-corrected chi connectivity index (χ2v) is 3.44. The molecule has 0 radical (unpaired) electrons. The van der Waals surface area contributed by atoms with E-state index in [4.69, 9.17) is 4.42 Å². The lowest BCUT2D eigenvalue weighted by Gasteiger charge is -2.04.